The highest BCUT2D eigenvalue weighted by atomic mass is 16.5. The van der Waals surface area contributed by atoms with Crippen molar-refractivity contribution >= 4 is 0 Å². The molecule has 21 heavy (non-hydrogen) atoms. The fourth-order valence-corrected chi connectivity index (χ4v) is 2.87. The molecule has 0 spiro atoms. The summed E-state index contributed by atoms with van der Waals surface area (Å²) in [7, 11) is 1.98. The Hall–Kier alpha value is -1.74. The average molecular weight is 287 g/mol. The summed E-state index contributed by atoms with van der Waals surface area (Å²) in [5, 5.41) is 3.42. The molecule has 0 amide bonds. The Kier molecular flexibility index (Phi) is 4.73. The fourth-order valence-electron chi connectivity index (χ4n) is 2.87. The SMILES string of the molecule is CCOc1ccc(C)cc1C(NC)c1c(C)oc(C)c1C. The van der Waals surface area contributed by atoms with E-state index in [1.807, 2.05) is 27.8 Å². The highest BCUT2D eigenvalue weighted by molar-refractivity contribution is 5.47. The van der Waals surface area contributed by atoms with Gasteiger partial charge in [-0.25, -0.2) is 0 Å². The third-order valence-electron chi connectivity index (χ3n) is 3.97. The molecule has 0 bridgehead atoms. The molecule has 1 aromatic carbocycles. The summed E-state index contributed by atoms with van der Waals surface area (Å²) in [6.45, 7) is 10.9. The fraction of sp³-hybridized carbons (Fsp3) is 0.444. The smallest absolute Gasteiger partial charge is 0.124 e. The first-order chi connectivity index (χ1) is 9.99. The van der Waals surface area contributed by atoms with Crippen LogP contribution in [0.5, 0.6) is 5.75 Å². The second-order valence-corrected chi connectivity index (χ2v) is 5.45. The van der Waals surface area contributed by atoms with Crippen LogP contribution in [0.2, 0.25) is 0 Å². The van der Waals surface area contributed by atoms with Crippen LogP contribution in [-0.4, -0.2) is 13.7 Å². The van der Waals surface area contributed by atoms with Gasteiger partial charge in [-0.05, 0) is 53.3 Å². The van der Waals surface area contributed by atoms with Gasteiger partial charge in [0.25, 0.3) is 0 Å². The molecule has 3 heteroatoms. The molecule has 2 aromatic rings. The number of furan rings is 1. The van der Waals surface area contributed by atoms with Gasteiger partial charge in [0, 0.05) is 11.1 Å². The molecule has 1 aromatic heterocycles. The van der Waals surface area contributed by atoms with E-state index in [0.717, 1.165) is 22.8 Å². The van der Waals surface area contributed by atoms with E-state index in [9.17, 15) is 0 Å². The molecular formula is C18H25NO2. The Morgan fingerprint density at radius 2 is 1.86 bits per heavy atom. The molecule has 1 N–H and O–H groups in total. The lowest BCUT2D eigenvalue weighted by molar-refractivity contribution is 0.334. The second kappa shape index (κ2) is 6.35. The third kappa shape index (κ3) is 2.98. The first-order valence-electron chi connectivity index (χ1n) is 7.46. The topological polar surface area (TPSA) is 34.4 Å². The van der Waals surface area contributed by atoms with E-state index >= 15 is 0 Å². The number of benzene rings is 1. The predicted octanol–water partition coefficient (Wildman–Crippen LogP) is 4.22. The maximum atomic E-state index is 5.81. The van der Waals surface area contributed by atoms with Gasteiger partial charge in [-0.3, -0.25) is 0 Å². The van der Waals surface area contributed by atoms with Crippen molar-refractivity contribution in [1.82, 2.24) is 5.32 Å². The van der Waals surface area contributed by atoms with Gasteiger partial charge in [0.2, 0.25) is 0 Å². The number of nitrogens with one attached hydrogen (secondary N) is 1. The van der Waals surface area contributed by atoms with Crippen LogP contribution in [0.1, 0.15) is 46.7 Å². The molecule has 0 aliphatic carbocycles. The van der Waals surface area contributed by atoms with Gasteiger partial charge in [0.15, 0.2) is 0 Å². The van der Waals surface area contributed by atoms with Crippen molar-refractivity contribution in [3.8, 4) is 5.75 Å². The minimum atomic E-state index is 0.0731. The standard InChI is InChI=1S/C18H25NO2/c1-7-20-16-9-8-11(2)10-15(16)18(19-6)17-12(3)13(4)21-14(17)5/h8-10,18-19H,7H2,1-6H3. The average Bonchev–Trinajstić information content (AvgIpc) is 2.69. The maximum Gasteiger partial charge on any atom is 0.124 e. The Morgan fingerprint density at radius 1 is 1.14 bits per heavy atom. The van der Waals surface area contributed by atoms with Crippen LogP contribution >= 0.6 is 0 Å². The van der Waals surface area contributed by atoms with Gasteiger partial charge >= 0.3 is 0 Å². The number of hydrogen-bond donors (Lipinski definition) is 1. The molecule has 3 nitrogen and oxygen atoms in total. The van der Waals surface area contributed by atoms with Crippen molar-refractivity contribution in [1.29, 1.82) is 0 Å². The van der Waals surface area contributed by atoms with Crippen molar-refractivity contribution in [3.63, 3.8) is 0 Å². The molecule has 1 heterocycles. The van der Waals surface area contributed by atoms with Crippen LogP contribution in [0.3, 0.4) is 0 Å². The van der Waals surface area contributed by atoms with Gasteiger partial charge in [-0.2, -0.15) is 0 Å². The normalized spacial score (nSPS) is 12.5. The molecule has 114 valence electrons. The van der Waals surface area contributed by atoms with Crippen molar-refractivity contribution in [3.05, 3.63) is 52.0 Å². The molecule has 1 atom stereocenters. The summed E-state index contributed by atoms with van der Waals surface area (Å²) in [5.74, 6) is 2.88. The van der Waals surface area contributed by atoms with Crippen LogP contribution in [0, 0.1) is 27.7 Å². The summed E-state index contributed by atoms with van der Waals surface area (Å²) >= 11 is 0. The predicted molar refractivity (Wildman–Crippen MR) is 86.2 cm³/mol. The third-order valence-corrected chi connectivity index (χ3v) is 3.97. The van der Waals surface area contributed by atoms with E-state index in [4.69, 9.17) is 9.15 Å². The zero-order valence-electron chi connectivity index (χ0n) is 13.8. The largest absolute Gasteiger partial charge is 0.494 e. The minimum absolute atomic E-state index is 0.0731. The van der Waals surface area contributed by atoms with E-state index in [2.05, 4.69) is 37.4 Å². The first-order valence-corrected chi connectivity index (χ1v) is 7.46. The van der Waals surface area contributed by atoms with Gasteiger partial charge in [-0.15, -0.1) is 0 Å². The molecule has 0 aliphatic heterocycles. The number of ether oxygens (including phenoxy) is 1. The van der Waals surface area contributed by atoms with E-state index < -0.39 is 0 Å². The van der Waals surface area contributed by atoms with E-state index in [1.54, 1.807) is 0 Å². The highest BCUT2D eigenvalue weighted by Crippen LogP contribution is 2.36. The van der Waals surface area contributed by atoms with Crippen molar-refractivity contribution in [2.45, 2.75) is 40.7 Å². The van der Waals surface area contributed by atoms with Crippen LogP contribution in [-0.2, 0) is 0 Å². The molecule has 0 saturated carbocycles. The summed E-state index contributed by atoms with van der Waals surface area (Å²) < 4.78 is 11.6. The lowest BCUT2D eigenvalue weighted by Gasteiger charge is -2.21. The molecule has 0 aliphatic rings. The van der Waals surface area contributed by atoms with Crippen molar-refractivity contribution < 1.29 is 9.15 Å². The lowest BCUT2D eigenvalue weighted by Crippen LogP contribution is -2.20. The zero-order chi connectivity index (χ0) is 15.6. The number of aryl methyl sites for hydroxylation is 3. The summed E-state index contributed by atoms with van der Waals surface area (Å²) in [5.41, 5.74) is 4.80. The van der Waals surface area contributed by atoms with Gasteiger partial charge in [0.1, 0.15) is 17.3 Å². The van der Waals surface area contributed by atoms with Crippen LogP contribution in [0.4, 0.5) is 0 Å². The maximum absolute atomic E-state index is 5.81. The van der Waals surface area contributed by atoms with Crippen LogP contribution in [0.15, 0.2) is 22.6 Å². The number of hydrogen-bond acceptors (Lipinski definition) is 3. The Bertz CT molecular complexity index is 628. The molecule has 0 radical (unpaired) electrons. The quantitative estimate of drug-likeness (QED) is 0.894. The van der Waals surface area contributed by atoms with Crippen molar-refractivity contribution in [2.24, 2.45) is 0 Å². The van der Waals surface area contributed by atoms with Crippen molar-refractivity contribution in [2.75, 3.05) is 13.7 Å². The Labute approximate surface area is 127 Å². The van der Waals surface area contributed by atoms with E-state index in [1.165, 1.54) is 16.7 Å². The summed E-state index contributed by atoms with van der Waals surface area (Å²) in [6.07, 6.45) is 0. The highest BCUT2D eigenvalue weighted by Gasteiger charge is 2.24. The zero-order valence-corrected chi connectivity index (χ0v) is 13.8. The van der Waals surface area contributed by atoms with Crippen LogP contribution in [0.25, 0.3) is 0 Å². The van der Waals surface area contributed by atoms with Crippen LogP contribution < -0.4 is 10.1 Å². The molecule has 1 unspecified atom stereocenters. The van der Waals surface area contributed by atoms with E-state index in [-0.39, 0.29) is 6.04 Å². The summed E-state index contributed by atoms with van der Waals surface area (Å²) in [4.78, 5) is 0. The Balaban J connectivity index is 2.58. The van der Waals surface area contributed by atoms with Gasteiger partial charge < -0.3 is 14.5 Å². The van der Waals surface area contributed by atoms with Gasteiger partial charge in [-0.1, -0.05) is 17.7 Å². The Morgan fingerprint density at radius 3 is 2.38 bits per heavy atom. The monoisotopic (exact) mass is 287 g/mol. The lowest BCUT2D eigenvalue weighted by atomic mass is 9.93. The molecule has 0 saturated heterocycles. The summed E-state index contributed by atoms with van der Waals surface area (Å²) in [6, 6.07) is 6.40. The van der Waals surface area contributed by atoms with Gasteiger partial charge in [0.05, 0.1) is 12.6 Å². The minimum Gasteiger partial charge on any atom is -0.494 e. The van der Waals surface area contributed by atoms with E-state index in [0.29, 0.717) is 6.61 Å². The molecular weight excluding hydrogens is 262 g/mol. The first kappa shape index (κ1) is 15.6. The number of rotatable bonds is 5. The second-order valence-electron chi connectivity index (χ2n) is 5.45. The molecule has 0 fully saturated rings. The molecule has 2 rings (SSSR count).